The van der Waals surface area contributed by atoms with Crippen molar-refractivity contribution in [1.82, 2.24) is 5.32 Å². The number of halogens is 3. The molecule has 0 saturated carbocycles. The van der Waals surface area contributed by atoms with Gasteiger partial charge in [0.1, 0.15) is 5.82 Å². The topological polar surface area (TPSA) is 12.0 Å². The first-order valence-corrected chi connectivity index (χ1v) is 7.70. The molecule has 0 aromatic heterocycles. The predicted molar refractivity (Wildman–Crippen MR) is 85.4 cm³/mol. The lowest BCUT2D eigenvalue weighted by molar-refractivity contribution is 0.516. The Morgan fingerprint density at radius 1 is 1.25 bits per heavy atom. The lowest BCUT2D eigenvalue weighted by Gasteiger charge is -2.18. The van der Waals surface area contributed by atoms with Gasteiger partial charge in [-0.25, -0.2) is 4.39 Å². The van der Waals surface area contributed by atoms with Crippen LogP contribution in [0.15, 0.2) is 46.9 Å². The van der Waals surface area contributed by atoms with E-state index in [2.05, 4.69) is 28.2 Å². The summed E-state index contributed by atoms with van der Waals surface area (Å²) in [5, 5.41) is 4.17. The van der Waals surface area contributed by atoms with Gasteiger partial charge in [-0.2, -0.15) is 0 Å². The van der Waals surface area contributed by atoms with E-state index in [0.29, 0.717) is 6.54 Å². The summed E-state index contributed by atoms with van der Waals surface area (Å²) in [5.41, 5.74) is 2.05. The molecular weight excluding hydrogens is 341 g/mol. The summed E-state index contributed by atoms with van der Waals surface area (Å²) < 4.78 is 14.2. The molecule has 0 saturated heterocycles. The predicted octanol–water partition coefficient (Wildman–Crippen LogP) is 5.48. The highest BCUT2D eigenvalue weighted by atomic mass is 79.9. The molecule has 1 atom stereocenters. The van der Waals surface area contributed by atoms with Crippen LogP contribution in [0.4, 0.5) is 4.39 Å². The van der Waals surface area contributed by atoms with E-state index in [4.69, 9.17) is 11.6 Å². The smallest absolute Gasteiger partial charge is 0.123 e. The van der Waals surface area contributed by atoms with Crippen molar-refractivity contribution in [2.75, 3.05) is 0 Å². The number of benzene rings is 2. The minimum absolute atomic E-state index is 0.198. The van der Waals surface area contributed by atoms with E-state index >= 15 is 0 Å². The van der Waals surface area contributed by atoms with E-state index < -0.39 is 0 Å². The van der Waals surface area contributed by atoms with Gasteiger partial charge in [0, 0.05) is 22.1 Å². The number of hydrogen-bond donors (Lipinski definition) is 1. The number of hydrogen-bond acceptors (Lipinski definition) is 1. The molecule has 0 fully saturated rings. The maximum absolute atomic E-state index is 13.3. The van der Waals surface area contributed by atoms with Gasteiger partial charge >= 0.3 is 0 Å². The normalized spacial score (nSPS) is 12.4. The second-order valence-electron chi connectivity index (χ2n) is 4.63. The van der Waals surface area contributed by atoms with E-state index in [1.54, 1.807) is 12.1 Å². The monoisotopic (exact) mass is 355 g/mol. The van der Waals surface area contributed by atoms with Crippen molar-refractivity contribution in [2.45, 2.75) is 25.9 Å². The van der Waals surface area contributed by atoms with Gasteiger partial charge in [-0.1, -0.05) is 46.6 Å². The Hall–Kier alpha value is -0.900. The van der Waals surface area contributed by atoms with Crippen LogP contribution in [0, 0.1) is 5.82 Å². The molecule has 1 unspecified atom stereocenters. The fourth-order valence-corrected chi connectivity index (χ4v) is 2.72. The average molecular weight is 357 g/mol. The van der Waals surface area contributed by atoms with E-state index in [0.717, 1.165) is 27.0 Å². The van der Waals surface area contributed by atoms with E-state index in [9.17, 15) is 4.39 Å². The van der Waals surface area contributed by atoms with Crippen molar-refractivity contribution in [3.05, 3.63) is 68.9 Å². The molecule has 0 heterocycles. The van der Waals surface area contributed by atoms with E-state index in [-0.39, 0.29) is 11.9 Å². The van der Waals surface area contributed by atoms with Crippen molar-refractivity contribution in [1.29, 1.82) is 0 Å². The van der Waals surface area contributed by atoms with E-state index in [1.807, 2.05) is 24.3 Å². The van der Waals surface area contributed by atoms with Crippen LogP contribution >= 0.6 is 27.5 Å². The second-order valence-corrected chi connectivity index (χ2v) is 5.92. The summed E-state index contributed by atoms with van der Waals surface area (Å²) in [5.74, 6) is -0.221. The molecule has 1 nitrogen and oxygen atoms in total. The van der Waals surface area contributed by atoms with Gasteiger partial charge in [0.2, 0.25) is 0 Å². The molecule has 106 valence electrons. The van der Waals surface area contributed by atoms with Crippen LogP contribution in [-0.4, -0.2) is 0 Å². The Morgan fingerprint density at radius 3 is 2.75 bits per heavy atom. The largest absolute Gasteiger partial charge is 0.306 e. The molecule has 2 aromatic rings. The maximum Gasteiger partial charge on any atom is 0.123 e. The zero-order valence-electron chi connectivity index (χ0n) is 11.2. The van der Waals surface area contributed by atoms with Crippen LogP contribution < -0.4 is 5.32 Å². The third-order valence-corrected chi connectivity index (χ3v) is 4.21. The van der Waals surface area contributed by atoms with Gasteiger partial charge in [0.05, 0.1) is 0 Å². The van der Waals surface area contributed by atoms with Crippen molar-refractivity contribution in [3.8, 4) is 0 Å². The van der Waals surface area contributed by atoms with Crippen molar-refractivity contribution in [2.24, 2.45) is 0 Å². The minimum atomic E-state index is -0.221. The van der Waals surface area contributed by atoms with Crippen LogP contribution in [0.1, 0.15) is 30.5 Å². The zero-order chi connectivity index (χ0) is 14.5. The summed E-state index contributed by atoms with van der Waals surface area (Å²) in [4.78, 5) is 0. The first-order chi connectivity index (χ1) is 9.60. The Bertz CT molecular complexity index is 588. The summed E-state index contributed by atoms with van der Waals surface area (Å²) in [6.45, 7) is 2.71. The molecule has 20 heavy (non-hydrogen) atoms. The van der Waals surface area contributed by atoms with Crippen LogP contribution in [0.2, 0.25) is 5.02 Å². The molecule has 0 amide bonds. The summed E-state index contributed by atoms with van der Waals surface area (Å²) in [6.07, 6.45) is 0.938. The number of nitrogens with one attached hydrogen (secondary N) is 1. The van der Waals surface area contributed by atoms with Gasteiger partial charge in [0.15, 0.2) is 0 Å². The molecule has 0 aliphatic rings. The summed E-state index contributed by atoms with van der Waals surface area (Å²) in [7, 11) is 0. The third kappa shape index (κ3) is 4.05. The molecule has 2 aromatic carbocycles. The van der Waals surface area contributed by atoms with Crippen LogP contribution in [0.5, 0.6) is 0 Å². The quantitative estimate of drug-likeness (QED) is 0.747. The third-order valence-electron chi connectivity index (χ3n) is 3.21. The molecule has 4 heteroatoms. The Labute approximate surface area is 132 Å². The van der Waals surface area contributed by atoms with Gasteiger partial charge < -0.3 is 5.32 Å². The standard InChI is InChI=1S/C16H16BrClFN/c1-2-16(11-4-3-5-13(18)8-11)20-10-12-9-14(19)6-7-15(12)17/h3-9,16,20H,2,10H2,1H3. The lowest BCUT2D eigenvalue weighted by atomic mass is 10.0. The number of rotatable bonds is 5. The lowest BCUT2D eigenvalue weighted by Crippen LogP contribution is -2.20. The Morgan fingerprint density at radius 2 is 2.05 bits per heavy atom. The molecule has 1 N–H and O–H groups in total. The fraction of sp³-hybridized carbons (Fsp3) is 0.250. The molecule has 0 bridgehead atoms. The van der Waals surface area contributed by atoms with Crippen LogP contribution in [0.25, 0.3) is 0 Å². The van der Waals surface area contributed by atoms with Crippen molar-refractivity contribution < 1.29 is 4.39 Å². The molecular formula is C16H16BrClFN. The molecule has 2 rings (SSSR count). The van der Waals surface area contributed by atoms with Gasteiger partial charge in [-0.05, 0) is 47.9 Å². The Kier molecular flexibility index (Phi) is 5.58. The van der Waals surface area contributed by atoms with Crippen molar-refractivity contribution in [3.63, 3.8) is 0 Å². The highest BCUT2D eigenvalue weighted by molar-refractivity contribution is 9.10. The molecule has 0 aliphatic carbocycles. The Balaban J connectivity index is 2.09. The summed E-state index contributed by atoms with van der Waals surface area (Å²) in [6, 6.07) is 12.7. The van der Waals surface area contributed by atoms with Gasteiger partial charge in [0.25, 0.3) is 0 Å². The minimum Gasteiger partial charge on any atom is -0.306 e. The molecule has 0 spiro atoms. The highest BCUT2D eigenvalue weighted by Crippen LogP contribution is 2.23. The highest BCUT2D eigenvalue weighted by Gasteiger charge is 2.10. The summed E-state index contributed by atoms with van der Waals surface area (Å²) >= 11 is 9.47. The molecule has 0 radical (unpaired) electrons. The fourth-order valence-electron chi connectivity index (χ4n) is 2.13. The van der Waals surface area contributed by atoms with Crippen molar-refractivity contribution >= 4 is 27.5 Å². The SMILES string of the molecule is CCC(NCc1cc(F)ccc1Br)c1cccc(Cl)c1. The van der Waals surface area contributed by atoms with Crippen LogP contribution in [0.3, 0.4) is 0 Å². The average Bonchev–Trinajstić information content (AvgIpc) is 2.43. The van der Waals surface area contributed by atoms with Crippen LogP contribution in [-0.2, 0) is 6.54 Å². The van der Waals surface area contributed by atoms with Gasteiger partial charge in [-0.15, -0.1) is 0 Å². The second kappa shape index (κ2) is 7.21. The maximum atomic E-state index is 13.3. The van der Waals surface area contributed by atoms with E-state index in [1.165, 1.54) is 6.07 Å². The zero-order valence-corrected chi connectivity index (χ0v) is 13.5. The van der Waals surface area contributed by atoms with Gasteiger partial charge in [-0.3, -0.25) is 0 Å². The molecule has 0 aliphatic heterocycles. The first-order valence-electron chi connectivity index (χ1n) is 6.53. The first kappa shape index (κ1) is 15.5.